The van der Waals surface area contributed by atoms with E-state index in [1.807, 2.05) is 0 Å². The fraction of sp³-hybridized carbons (Fsp3) is 0.467. The first-order valence-electron chi connectivity index (χ1n) is 7.68. The lowest BCUT2D eigenvalue weighted by Gasteiger charge is -2.32. The molecule has 1 atom stereocenters. The van der Waals surface area contributed by atoms with Crippen LogP contribution >= 0.6 is 11.3 Å². The molecule has 0 aliphatic carbocycles. The molecule has 126 valence electrons. The Morgan fingerprint density at radius 1 is 1.58 bits per heavy atom. The summed E-state index contributed by atoms with van der Waals surface area (Å²) in [7, 11) is 0. The van der Waals surface area contributed by atoms with Crippen LogP contribution in [-0.2, 0) is 16.1 Å². The van der Waals surface area contributed by atoms with Crippen LogP contribution in [0.3, 0.4) is 0 Å². The van der Waals surface area contributed by atoms with Crippen LogP contribution in [0, 0.1) is 11.3 Å². The Balaban J connectivity index is 1.44. The van der Waals surface area contributed by atoms with Crippen molar-refractivity contribution in [3.8, 4) is 6.07 Å². The Hall–Kier alpha value is -2.28. The molecule has 1 saturated heterocycles. The van der Waals surface area contributed by atoms with Crippen LogP contribution in [-0.4, -0.2) is 57.9 Å². The number of hydrogen-bond acceptors (Lipinski definition) is 7. The van der Waals surface area contributed by atoms with Gasteiger partial charge in [0.05, 0.1) is 24.8 Å². The zero-order valence-corrected chi connectivity index (χ0v) is 13.9. The first-order chi connectivity index (χ1) is 11.7. The molecule has 24 heavy (non-hydrogen) atoms. The van der Waals surface area contributed by atoms with E-state index in [-0.39, 0.29) is 12.0 Å². The first kappa shape index (κ1) is 16.6. The van der Waals surface area contributed by atoms with Crippen molar-refractivity contribution in [2.24, 2.45) is 0 Å². The van der Waals surface area contributed by atoms with Gasteiger partial charge in [-0.15, -0.1) is 11.3 Å². The van der Waals surface area contributed by atoms with E-state index in [0.717, 1.165) is 13.1 Å². The fourth-order valence-corrected chi connectivity index (χ4v) is 3.33. The number of nitrogens with one attached hydrogen (secondary N) is 1. The Kier molecular flexibility index (Phi) is 5.53. The highest BCUT2D eigenvalue weighted by molar-refractivity contribution is 7.14. The highest BCUT2D eigenvalue weighted by atomic mass is 32.1. The molecule has 0 bridgehead atoms. The Bertz CT molecular complexity index is 708. The molecule has 3 heterocycles. The number of nitriles is 1. The molecule has 2 aromatic rings. The highest BCUT2D eigenvalue weighted by Crippen LogP contribution is 2.22. The van der Waals surface area contributed by atoms with Crippen molar-refractivity contribution in [3.63, 3.8) is 0 Å². The molecule has 0 spiro atoms. The van der Waals surface area contributed by atoms with Gasteiger partial charge >= 0.3 is 0 Å². The number of carbonyl (C=O) groups excluding carboxylic acids is 1. The number of rotatable bonds is 6. The van der Waals surface area contributed by atoms with Crippen LogP contribution in [0.2, 0.25) is 0 Å². The summed E-state index contributed by atoms with van der Waals surface area (Å²) in [6.07, 6.45) is 3.61. The zero-order chi connectivity index (χ0) is 16.8. The van der Waals surface area contributed by atoms with Gasteiger partial charge in [-0.1, -0.05) is 0 Å². The molecule has 3 rings (SSSR count). The standard InChI is InChI=1S/C15H18N6O2S/c16-7-12-2-6-24-15(12)19-14(22)1-3-20-4-5-23-13(8-20)9-21-11-17-10-18-21/h2,6,10-11,13H,1,3-5,8-9H2,(H,19,22)/t13-/m1/s1. The molecular weight excluding hydrogens is 328 g/mol. The van der Waals surface area contributed by atoms with Gasteiger partial charge in [-0.25, -0.2) is 4.98 Å². The maximum absolute atomic E-state index is 12.1. The third-order valence-electron chi connectivity index (χ3n) is 3.77. The molecular formula is C15H18N6O2S. The van der Waals surface area contributed by atoms with Crippen molar-refractivity contribution in [2.75, 3.05) is 31.6 Å². The third kappa shape index (κ3) is 4.38. The minimum Gasteiger partial charge on any atom is -0.374 e. The number of ether oxygens (including phenoxy) is 1. The first-order valence-corrected chi connectivity index (χ1v) is 8.56. The molecule has 1 N–H and O–H groups in total. The zero-order valence-electron chi connectivity index (χ0n) is 13.1. The molecule has 1 aliphatic rings. The summed E-state index contributed by atoms with van der Waals surface area (Å²) >= 11 is 1.36. The maximum Gasteiger partial charge on any atom is 0.226 e. The van der Waals surface area contributed by atoms with Gasteiger partial charge in [0.15, 0.2) is 0 Å². The summed E-state index contributed by atoms with van der Waals surface area (Å²) < 4.78 is 7.49. The fourth-order valence-electron chi connectivity index (χ4n) is 2.57. The molecule has 0 unspecified atom stereocenters. The van der Waals surface area contributed by atoms with E-state index < -0.39 is 0 Å². The number of hydrogen-bond donors (Lipinski definition) is 1. The van der Waals surface area contributed by atoms with E-state index >= 15 is 0 Å². The number of aromatic nitrogens is 3. The lowest BCUT2D eigenvalue weighted by molar-refractivity contribution is -0.117. The van der Waals surface area contributed by atoms with E-state index in [1.165, 1.54) is 17.7 Å². The van der Waals surface area contributed by atoms with Crippen molar-refractivity contribution >= 4 is 22.2 Å². The van der Waals surface area contributed by atoms with Crippen molar-refractivity contribution in [2.45, 2.75) is 19.1 Å². The average Bonchev–Trinajstić information content (AvgIpc) is 3.25. The number of nitrogens with zero attached hydrogens (tertiary/aromatic N) is 5. The smallest absolute Gasteiger partial charge is 0.226 e. The number of carbonyl (C=O) groups is 1. The predicted molar refractivity (Wildman–Crippen MR) is 88.5 cm³/mol. The lowest BCUT2D eigenvalue weighted by atomic mass is 10.2. The maximum atomic E-state index is 12.1. The third-order valence-corrected chi connectivity index (χ3v) is 4.60. The largest absolute Gasteiger partial charge is 0.374 e. The predicted octanol–water partition coefficient (Wildman–Crippen LogP) is 0.941. The minimum atomic E-state index is -0.0757. The SMILES string of the molecule is N#Cc1ccsc1NC(=O)CCN1CCO[C@@H](Cn2cncn2)C1. The van der Waals surface area contributed by atoms with Gasteiger partial charge in [0.1, 0.15) is 23.7 Å². The van der Waals surface area contributed by atoms with Crippen molar-refractivity contribution in [1.29, 1.82) is 5.26 Å². The Morgan fingerprint density at radius 3 is 3.29 bits per heavy atom. The summed E-state index contributed by atoms with van der Waals surface area (Å²) in [4.78, 5) is 18.2. The molecule has 0 saturated carbocycles. The van der Waals surface area contributed by atoms with Gasteiger partial charge in [-0.05, 0) is 11.4 Å². The average molecular weight is 346 g/mol. The van der Waals surface area contributed by atoms with Gasteiger partial charge in [0.2, 0.25) is 5.91 Å². The summed E-state index contributed by atoms with van der Waals surface area (Å²) in [5.41, 5.74) is 0.507. The summed E-state index contributed by atoms with van der Waals surface area (Å²) in [6.45, 7) is 3.53. The normalized spacial score (nSPS) is 18.2. The second kappa shape index (κ2) is 8.01. The van der Waals surface area contributed by atoms with E-state index in [4.69, 9.17) is 10.00 Å². The van der Waals surface area contributed by atoms with E-state index in [0.29, 0.717) is 36.7 Å². The molecule has 1 aliphatic heterocycles. The van der Waals surface area contributed by atoms with Crippen molar-refractivity contribution in [1.82, 2.24) is 19.7 Å². The molecule has 0 radical (unpaired) electrons. The van der Waals surface area contributed by atoms with Crippen LogP contribution in [0.5, 0.6) is 0 Å². The van der Waals surface area contributed by atoms with E-state index in [9.17, 15) is 4.79 Å². The van der Waals surface area contributed by atoms with Crippen LogP contribution in [0.15, 0.2) is 24.1 Å². The topological polar surface area (TPSA) is 96.1 Å². The molecule has 1 fully saturated rings. The number of amides is 1. The van der Waals surface area contributed by atoms with Gasteiger partial charge in [-0.2, -0.15) is 10.4 Å². The van der Waals surface area contributed by atoms with Crippen molar-refractivity contribution < 1.29 is 9.53 Å². The molecule has 8 nitrogen and oxygen atoms in total. The van der Waals surface area contributed by atoms with E-state index in [2.05, 4.69) is 26.4 Å². The van der Waals surface area contributed by atoms with Crippen LogP contribution in [0.4, 0.5) is 5.00 Å². The molecule has 2 aromatic heterocycles. The second-order valence-corrected chi connectivity index (χ2v) is 6.40. The molecule has 1 amide bonds. The summed E-state index contributed by atoms with van der Waals surface area (Å²) in [5.74, 6) is -0.0757. The molecule has 9 heteroatoms. The summed E-state index contributed by atoms with van der Waals surface area (Å²) in [6, 6.07) is 3.77. The van der Waals surface area contributed by atoms with Gasteiger partial charge in [0, 0.05) is 26.1 Å². The summed E-state index contributed by atoms with van der Waals surface area (Å²) in [5, 5.41) is 18.3. The highest BCUT2D eigenvalue weighted by Gasteiger charge is 2.21. The number of thiophene rings is 1. The van der Waals surface area contributed by atoms with Crippen molar-refractivity contribution in [3.05, 3.63) is 29.7 Å². The van der Waals surface area contributed by atoms with Crippen LogP contribution < -0.4 is 5.32 Å². The minimum absolute atomic E-state index is 0.0472. The molecule has 0 aromatic carbocycles. The number of morpholine rings is 1. The quantitative estimate of drug-likeness (QED) is 0.836. The number of anilines is 1. The van der Waals surface area contributed by atoms with E-state index in [1.54, 1.807) is 22.5 Å². The Morgan fingerprint density at radius 2 is 2.50 bits per heavy atom. The van der Waals surface area contributed by atoms with Gasteiger partial charge in [0.25, 0.3) is 0 Å². The van der Waals surface area contributed by atoms with Crippen LogP contribution in [0.25, 0.3) is 0 Å². The Labute approximate surface area is 143 Å². The van der Waals surface area contributed by atoms with Crippen LogP contribution in [0.1, 0.15) is 12.0 Å². The second-order valence-electron chi connectivity index (χ2n) is 5.48. The van der Waals surface area contributed by atoms with Gasteiger partial charge < -0.3 is 10.1 Å². The van der Waals surface area contributed by atoms with Gasteiger partial charge in [-0.3, -0.25) is 14.4 Å². The lowest BCUT2D eigenvalue weighted by Crippen LogP contribution is -2.45. The monoisotopic (exact) mass is 346 g/mol.